The molecule has 18 heavy (non-hydrogen) atoms. The Labute approximate surface area is 113 Å². The smallest absolute Gasteiger partial charge is 0.186 e. The average Bonchev–Trinajstić information content (AvgIpc) is 2.73. The fraction of sp³-hybridized carbons (Fsp3) is 0.273. The molecule has 2 aromatic heterocycles. The van der Waals surface area contributed by atoms with Gasteiger partial charge in [-0.3, -0.25) is 9.89 Å². The molecular weight excluding hydrogens is 272 g/mol. The summed E-state index contributed by atoms with van der Waals surface area (Å²) in [5.74, 6) is 0.766. The van der Waals surface area contributed by atoms with Crippen LogP contribution in [0.5, 0.6) is 0 Å². The maximum absolute atomic E-state index is 10.7. The minimum atomic E-state index is 0.131. The zero-order valence-corrected chi connectivity index (χ0v) is 11.3. The summed E-state index contributed by atoms with van der Waals surface area (Å²) in [5, 5.41) is 8.12. The zero-order chi connectivity index (χ0) is 13.0. The minimum Gasteiger partial charge on any atom is -0.288 e. The van der Waals surface area contributed by atoms with Crippen molar-refractivity contribution in [2.45, 2.75) is 13.3 Å². The number of aromatic amines is 1. The van der Waals surface area contributed by atoms with Gasteiger partial charge in [-0.2, -0.15) is 5.10 Å². The molecule has 0 spiro atoms. The maximum Gasteiger partial charge on any atom is 0.186 e. The lowest BCUT2D eigenvalue weighted by molar-refractivity contribution is -0.109. The lowest BCUT2D eigenvalue weighted by atomic mass is 10.2. The van der Waals surface area contributed by atoms with Gasteiger partial charge in [0.1, 0.15) is 11.5 Å². The molecule has 0 bridgehead atoms. The Morgan fingerprint density at radius 1 is 1.56 bits per heavy atom. The van der Waals surface area contributed by atoms with Crippen molar-refractivity contribution >= 4 is 45.6 Å². The lowest BCUT2D eigenvalue weighted by Gasteiger charge is -1.93. The Morgan fingerprint density at radius 3 is 3.17 bits per heavy atom. The molecule has 7 heteroatoms. The number of fused-ring (bicyclic) bond motifs is 1. The molecular formula is C11H11ClN4OS. The van der Waals surface area contributed by atoms with E-state index in [-0.39, 0.29) is 5.12 Å². The normalized spacial score (nSPS) is 11.4. The second-order valence-electron chi connectivity index (χ2n) is 3.53. The monoisotopic (exact) mass is 282 g/mol. The van der Waals surface area contributed by atoms with Gasteiger partial charge in [0.15, 0.2) is 10.8 Å². The summed E-state index contributed by atoms with van der Waals surface area (Å²) in [4.78, 5) is 18.7. The van der Waals surface area contributed by atoms with Crippen molar-refractivity contribution in [1.29, 1.82) is 0 Å². The van der Waals surface area contributed by atoms with Crippen molar-refractivity contribution in [1.82, 2.24) is 20.2 Å². The van der Waals surface area contributed by atoms with E-state index in [0.29, 0.717) is 10.8 Å². The Bertz CT molecular complexity index is 596. The maximum atomic E-state index is 10.7. The first-order valence-electron chi connectivity index (χ1n) is 5.33. The number of carbonyl (C=O) groups is 1. The van der Waals surface area contributed by atoms with Crippen molar-refractivity contribution < 1.29 is 4.79 Å². The molecule has 0 aliphatic carbocycles. The molecule has 0 unspecified atom stereocenters. The number of thioether (sulfide) groups is 1. The Kier molecular flexibility index (Phi) is 4.33. The van der Waals surface area contributed by atoms with Gasteiger partial charge in [0.05, 0.1) is 11.1 Å². The van der Waals surface area contributed by atoms with Gasteiger partial charge in [-0.05, 0) is 12.5 Å². The molecule has 1 N–H and O–H groups in total. The molecule has 0 aliphatic heterocycles. The first kappa shape index (κ1) is 13.0. The van der Waals surface area contributed by atoms with Crippen LogP contribution in [0.1, 0.15) is 19.0 Å². The van der Waals surface area contributed by atoms with Crippen LogP contribution in [0.25, 0.3) is 17.1 Å². The molecule has 2 rings (SSSR count). The molecule has 2 aromatic rings. The molecule has 0 saturated heterocycles. The SMILES string of the molecule is CC(=O)SCCC=Cc1[nH]nc2ncnc(Cl)c12. The highest BCUT2D eigenvalue weighted by Crippen LogP contribution is 2.22. The summed E-state index contributed by atoms with van der Waals surface area (Å²) in [6.45, 7) is 1.56. The third-order valence-corrected chi connectivity index (χ3v) is 3.34. The summed E-state index contributed by atoms with van der Waals surface area (Å²) in [6, 6.07) is 0. The number of hydrogen-bond acceptors (Lipinski definition) is 5. The summed E-state index contributed by atoms with van der Waals surface area (Å²) in [6.07, 6.45) is 6.02. The van der Waals surface area contributed by atoms with Crippen LogP contribution in [0.2, 0.25) is 5.15 Å². The summed E-state index contributed by atoms with van der Waals surface area (Å²) in [7, 11) is 0. The average molecular weight is 283 g/mol. The van der Waals surface area contributed by atoms with Crippen LogP contribution < -0.4 is 0 Å². The highest BCUT2D eigenvalue weighted by atomic mass is 35.5. The molecule has 0 aliphatic rings. The molecule has 94 valence electrons. The second-order valence-corrected chi connectivity index (χ2v) is 5.16. The van der Waals surface area contributed by atoms with E-state index >= 15 is 0 Å². The Morgan fingerprint density at radius 2 is 2.39 bits per heavy atom. The van der Waals surface area contributed by atoms with Crippen LogP contribution >= 0.6 is 23.4 Å². The molecule has 0 atom stereocenters. The fourth-order valence-corrected chi connectivity index (χ4v) is 2.20. The predicted octanol–water partition coefficient (Wildman–Crippen LogP) is 2.69. The molecule has 0 aromatic carbocycles. The van der Waals surface area contributed by atoms with Gasteiger partial charge < -0.3 is 0 Å². The van der Waals surface area contributed by atoms with Gasteiger partial charge in [0.25, 0.3) is 0 Å². The molecule has 0 radical (unpaired) electrons. The fourth-order valence-electron chi connectivity index (χ4n) is 1.43. The van der Waals surface area contributed by atoms with E-state index in [2.05, 4.69) is 20.2 Å². The van der Waals surface area contributed by atoms with Crippen molar-refractivity contribution in [3.05, 3.63) is 23.3 Å². The second kappa shape index (κ2) is 5.97. The van der Waals surface area contributed by atoms with Crippen LogP contribution in [-0.2, 0) is 4.79 Å². The number of nitrogens with one attached hydrogen (secondary N) is 1. The Balaban J connectivity index is 2.08. The lowest BCUT2D eigenvalue weighted by Crippen LogP contribution is -1.84. The van der Waals surface area contributed by atoms with Gasteiger partial charge in [0.2, 0.25) is 0 Å². The van der Waals surface area contributed by atoms with Crippen LogP contribution in [0.4, 0.5) is 0 Å². The molecule has 0 saturated carbocycles. The largest absolute Gasteiger partial charge is 0.288 e. The van der Waals surface area contributed by atoms with Gasteiger partial charge in [-0.1, -0.05) is 29.4 Å². The zero-order valence-electron chi connectivity index (χ0n) is 9.68. The number of carbonyl (C=O) groups excluding carboxylic acids is 1. The van der Waals surface area contributed by atoms with E-state index in [4.69, 9.17) is 11.6 Å². The number of hydrogen-bond donors (Lipinski definition) is 1. The van der Waals surface area contributed by atoms with Crippen LogP contribution in [-0.4, -0.2) is 31.0 Å². The van der Waals surface area contributed by atoms with Crippen molar-refractivity contribution in [3.63, 3.8) is 0 Å². The Hall–Kier alpha value is -1.40. The molecule has 2 heterocycles. The number of H-pyrrole nitrogens is 1. The molecule has 5 nitrogen and oxygen atoms in total. The third-order valence-electron chi connectivity index (χ3n) is 2.21. The number of allylic oxidation sites excluding steroid dienone is 1. The van der Waals surface area contributed by atoms with Gasteiger partial charge in [0, 0.05) is 12.7 Å². The van der Waals surface area contributed by atoms with E-state index in [1.165, 1.54) is 18.1 Å². The third kappa shape index (κ3) is 3.08. The number of aromatic nitrogens is 4. The van der Waals surface area contributed by atoms with Crippen LogP contribution in [0.15, 0.2) is 12.4 Å². The van der Waals surface area contributed by atoms with Crippen LogP contribution in [0.3, 0.4) is 0 Å². The molecule has 0 fully saturated rings. The molecule has 0 amide bonds. The number of halogens is 1. The predicted molar refractivity (Wildman–Crippen MR) is 73.5 cm³/mol. The van der Waals surface area contributed by atoms with E-state index < -0.39 is 0 Å². The van der Waals surface area contributed by atoms with E-state index in [1.807, 2.05) is 12.2 Å². The summed E-state index contributed by atoms with van der Waals surface area (Å²) < 4.78 is 0. The minimum absolute atomic E-state index is 0.131. The standard InChI is InChI=1S/C11H11ClN4OS/c1-7(17)18-5-3-2-4-8-9-10(12)13-6-14-11(9)16-15-8/h2,4,6H,3,5H2,1H3,(H,13,14,15,16). The van der Waals surface area contributed by atoms with Crippen LogP contribution in [0, 0.1) is 0 Å². The van der Waals surface area contributed by atoms with Gasteiger partial charge >= 0.3 is 0 Å². The summed E-state index contributed by atoms with van der Waals surface area (Å²) >= 11 is 7.30. The highest BCUT2D eigenvalue weighted by Gasteiger charge is 2.08. The highest BCUT2D eigenvalue weighted by molar-refractivity contribution is 8.13. The quantitative estimate of drug-likeness (QED) is 0.689. The van der Waals surface area contributed by atoms with Crippen molar-refractivity contribution in [3.8, 4) is 0 Å². The van der Waals surface area contributed by atoms with Gasteiger partial charge in [-0.15, -0.1) is 0 Å². The first-order chi connectivity index (χ1) is 8.68. The summed E-state index contributed by atoms with van der Waals surface area (Å²) in [5.41, 5.74) is 1.33. The van der Waals surface area contributed by atoms with E-state index in [0.717, 1.165) is 23.3 Å². The number of nitrogens with zero attached hydrogens (tertiary/aromatic N) is 3. The van der Waals surface area contributed by atoms with E-state index in [9.17, 15) is 4.79 Å². The number of rotatable bonds is 4. The first-order valence-corrected chi connectivity index (χ1v) is 6.69. The van der Waals surface area contributed by atoms with E-state index in [1.54, 1.807) is 6.92 Å². The van der Waals surface area contributed by atoms with Crippen molar-refractivity contribution in [2.24, 2.45) is 0 Å². The van der Waals surface area contributed by atoms with Crippen molar-refractivity contribution in [2.75, 3.05) is 5.75 Å². The van der Waals surface area contributed by atoms with Gasteiger partial charge in [-0.25, -0.2) is 9.97 Å². The topological polar surface area (TPSA) is 71.5 Å².